The van der Waals surface area contributed by atoms with E-state index in [4.69, 9.17) is 11.6 Å². The number of halogens is 3. The standard InChI is InChI=1S/C18H21BrClFN4O/c1-12-15(19)11-25(22-12)13(2)18(26)24-8-6-23(7-9-24)10-14-16(20)4-3-5-17(14)21/h3-5,11,13H,6-10H2,1-2H3. The van der Waals surface area contributed by atoms with Gasteiger partial charge in [-0.2, -0.15) is 5.10 Å². The minimum atomic E-state index is -0.354. The van der Waals surface area contributed by atoms with Crippen molar-refractivity contribution < 1.29 is 9.18 Å². The Morgan fingerprint density at radius 2 is 2.04 bits per heavy atom. The second kappa shape index (κ2) is 8.06. The number of aromatic nitrogens is 2. The summed E-state index contributed by atoms with van der Waals surface area (Å²) in [4.78, 5) is 16.7. The van der Waals surface area contributed by atoms with Crippen molar-refractivity contribution in [2.24, 2.45) is 0 Å². The van der Waals surface area contributed by atoms with Gasteiger partial charge in [-0.15, -0.1) is 0 Å². The number of carbonyl (C=O) groups is 1. The maximum absolute atomic E-state index is 13.9. The third-order valence-electron chi connectivity index (χ3n) is 4.74. The zero-order valence-corrected chi connectivity index (χ0v) is 17.1. The average molecular weight is 444 g/mol. The molecule has 2 aromatic rings. The number of rotatable bonds is 4. The van der Waals surface area contributed by atoms with Crippen LogP contribution in [0.3, 0.4) is 0 Å². The van der Waals surface area contributed by atoms with Gasteiger partial charge < -0.3 is 4.90 Å². The van der Waals surface area contributed by atoms with Crippen molar-refractivity contribution in [3.63, 3.8) is 0 Å². The molecule has 140 valence electrons. The summed E-state index contributed by atoms with van der Waals surface area (Å²) in [6.07, 6.45) is 1.83. The topological polar surface area (TPSA) is 41.4 Å². The van der Waals surface area contributed by atoms with Gasteiger partial charge in [-0.3, -0.25) is 14.4 Å². The third kappa shape index (κ3) is 4.10. The molecule has 1 atom stereocenters. The van der Waals surface area contributed by atoms with E-state index in [1.807, 2.05) is 24.9 Å². The van der Waals surface area contributed by atoms with Crippen LogP contribution in [-0.4, -0.2) is 51.7 Å². The first kappa shape index (κ1) is 19.3. The van der Waals surface area contributed by atoms with Gasteiger partial charge in [0.1, 0.15) is 11.9 Å². The molecule has 1 unspecified atom stereocenters. The van der Waals surface area contributed by atoms with Gasteiger partial charge in [0.25, 0.3) is 0 Å². The van der Waals surface area contributed by atoms with Crippen LogP contribution in [0.15, 0.2) is 28.9 Å². The van der Waals surface area contributed by atoms with E-state index in [1.54, 1.807) is 16.8 Å². The van der Waals surface area contributed by atoms with E-state index in [9.17, 15) is 9.18 Å². The monoisotopic (exact) mass is 442 g/mol. The molecule has 1 aromatic heterocycles. The highest BCUT2D eigenvalue weighted by atomic mass is 79.9. The molecule has 2 heterocycles. The lowest BCUT2D eigenvalue weighted by Gasteiger charge is -2.36. The van der Waals surface area contributed by atoms with Crippen molar-refractivity contribution in [3.8, 4) is 0 Å². The Kier molecular flexibility index (Phi) is 5.99. The molecular formula is C18H21BrClFN4O. The van der Waals surface area contributed by atoms with E-state index in [0.29, 0.717) is 43.3 Å². The zero-order valence-electron chi connectivity index (χ0n) is 14.8. The van der Waals surface area contributed by atoms with Gasteiger partial charge in [0.05, 0.1) is 10.2 Å². The van der Waals surface area contributed by atoms with Crippen molar-refractivity contribution in [1.29, 1.82) is 0 Å². The number of piperazine rings is 1. The maximum atomic E-state index is 13.9. The number of nitrogens with zero attached hydrogens (tertiary/aromatic N) is 4. The Bertz CT molecular complexity index is 765. The number of hydrogen-bond acceptors (Lipinski definition) is 3. The zero-order chi connectivity index (χ0) is 18.8. The SMILES string of the molecule is Cc1nn(C(C)C(=O)N2CCN(Cc3c(F)cccc3Cl)CC2)cc1Br. The van der Waals surface area contributed by atoms with Crippen LogP contribution >= 0.6 is 27.5 Å². The normalized spacial score (nSPS) is 16.7. The van der Waals surface area contributed by atoms with Gasteiger partial charge in [-0.25, -0.2) is 4.39 Å². The van der Waals surface area contributed by atoms with E-state index < -0.39 is 0 Å². The second-order valence-electron chi connectivity index (χ2n) is 6.52. The minimum absolute atomic E-state index is 0.0450. The van der Waals surface area contributed by atoms with Gasteiger partial charge in [-0.1, -0.05) is 17.7 Å². The van der Waals surface area contributed by atoms with Crippen molar-refractivity contribution in [2.45, 2.75) is 26.4 Å². The van der Waals surface area contributed by atoms with E-state index in [2.05, 4.69) is 25.9 Å². The highest BCUT2D eigenvalue weighted by Gasteiger charge is 2.27. The van der Waals surface area contributed by atoms with Crippen LogP contribution in [0, 0.1) is 12.7 Å². The largest absolute Gasteiger partial charge is 0.338 e. The van der Waals surface area contributed by atoms with Gasteiger partial charge in [0, 0.05) is 49.5 Å². The molecule has 5 nitrogen and oxygen atoms in total. The fraction of sp³-hybridized carbons (Fsp3) is 0.444. The van der Waals surface area contributed by atoms with Crippen LogP contribution in [0.2, 0.25) is 5.02 Å². The van der Waals surface area contributed by atoms with Crippen molar-refractivity contribution >= 4 is 33.4 Å². The number of hydrogen-bond donors (Lipinski definition) is 0. The summed E-state index contributed by atoms with van der Waals surface area (Å²) < 4.78 is 16.5. The van der Waals surface area contributed by atoms with Gasteiger partial charge in [0.15, 0.2) is 0 Å². The molecule has 1 aliphatic rings. The van der Waals surface area contributed by atoms with Crippen LogP contribution in [0.25, 0.3) is 0 Å². The van der Waals surface area contributed by atoms with Crippen LogP contribution < -0.4 is 0 Å². The first-order valence-electron chi connectivity index (χ1n) is 8.52. The molecule has 0 radical (unpaired) electrons. The number of amides is 1. The Labute approximate surface area is 165 Å². The highest BCUT2D eigenvalue weighted by molar-refractivity contribution is 9.10. The summed E-state index contributed by atoms with van der Waals surface area (Å²) in [5.41, 5.74) is 1.37. The molecule has 0 saturated carbocycles. The van der Waals surface area contributed by atoms with E-state index in [1.165, 1.54) is 6.07 Å². The Morgan fingerprint density at radius 1 is 1.35 bits per heavy atom. The molecule has 0 N–H and O–H groups in total. The number of aryl methyl sites for hydroxylation is 1. The summed E-state index contributed by atoms with van der Waals surface area (Å²) in [5, 5.41) is 4.81. The number of carbonyl (C=O) groups excluding carboxylic acids is 1. The average Bonchev–Trinajstić information content (AvgIpc) is 2.96. The summed E-state index contributed by atoms with van der Waals surface area (Å²) in [6, 6.07) is 4.38. The second-order valence-corrected chi connectivity index (χ2v) is 7.78. The third-order valence-corrected chi connectivity index (χ3v) is 5.87. The van der Waals surface area contributed by atoms with Crippen molar-refractivity contribution in [1.82, 2.24) is 19.6 Å². The first-order valence-corrected chi connectivity index (χ1v) is 9.69. The minimum Gasteiger partial charge on any atom is -0.338 e. The van der Waals surface area contributed by atoms with Crippen LogP contribution in [0.1, 0.15) is 24.2 Å². The Balaban J connectivity index is 1.58. The Hall–Kier alpha value is -1.44. The van der Waals surface area contributed by atoms with Gasteiger partial charge in [0.2, 0.25) is 5.91 Å². The molecule has 1 saturated heterocycles. The lowest BCUT2D eigenvalue weighted by Crippen LogP contribution is -2.50. The first-order chi connectivity index (χ1) is 12.4. The molecule has 1 aliphatic heterocycles. The number of benzene rings is 1. The molecule has 0 spiro atoms. The fourth-order valence-electron chi connectivity index (χ4n) is 3.07. The van der Waals surface area contributed by atoms with Crippen LogP contribution in [0.4, 0.5) is 4.39 Å². The Morgan fingerprint density at radius 3 is 2.62 bits per heavy atom. The molecule has 1 aromatic carbocycles. The quantitative estimate of drug-likeness (QED) is 0.724. The predicted molar refractivity (Wildman–Crippen MR) is 103 cm³/mol. The molecule has 8 heteroatoms. The molecule has 1 fully saturated rings. The van der Waals surface area contributed by atoms with Crippen LogP contribution in [-0.2, 0) is 11.3 Å². The van der Waals surface area contributed by atoms with Crippen LogP contribution in [0.5, 0.6) is 0 Å². The van der Waals surface area contributed by atoms with E-state index in [0.717, 1.165) is 10.2 Å². The van der Waals surface area contributed by atoms with Crippen molar-refractivity contribution in [2.75, 3.05) is 26.2 Å². The van der Waals surface area contributed by atoms with E-state index in [-0.39, 0.29) is 17.8 Å². The van der Waals surface area contributed by atoms with Gasteiger partial charge in [-0.05, 0) is 41.9 Å². The predicted octanol–water partition coefficient (Wildman–Crippen LogP) is 3.65. The molecule has 26 heavy (non-hydrogen) atoms. The smallest absolute Gasteiger partial charge is 0.247 e. The highest BCUT2D eigenvalue weighted by Crippen LogP contribution is 2.22. The molecular weight excluding hydrogens is 423 g/mol. The molecule has 1 amide bonds. The lowest BCUT2D eigenvalue weighted by atomic mass is 10.1. The molecule has 0 bridgehead atoms. The molecule has 3 rings (SSSR count). The lowest BCUT2D eigenvalue weighted by molar-refractivity contribution is -0.136. The van der Waals surface area contributed by atoms with Crippen molar-refractivity contribution in [3.05, 3.63) is 51.0 Å². The maximum Gasteiger partial charge on any atom is 0.247 e. The summed E-state index contributed by atoms with van der Waals surface area (Å²) in [6.45, 7) is 6.79. The summed E-state index contributed by atoms with van der Waals surface area (Å²) in [5.74, 6) is -0.243. The summed E-state index contributed by atoms with van der Waals surface area (Å²) >= 11 is 9.53. The van der Waals surface area contributed by atoms with Gasteiger partial charge >= 0.3 is 0 Å². The fourth-order valence-corrected chi connectivity index (χ4v) is 3.58. The van der Waals surface area contributed by atoms with E-state index >= 15 is 0 Å². The summed E-state index contributed by atoms with van der Waals surface area (Å²) in [7, 11) is 0. The molecule has 0 aliphatic carbocycles.